The molecule has 7 heteroatoms. The summed E-state index contributed by atoms with van der Waals surface area (Å²) in [4.78, 5) is 22.6. The number of methoxy groups -OCH3 is 1. The van der Waals surface area contributed by atoms with Crippen LogP contribution in [-0.2, 0) is 9.53 Å². The Labute approximate surface area is 148 Å². The van der Waals surface area contributed by atoms with Gasteiger partial charge in [0.1, 0.15) is 5.76 Å². The molecule has 1 heterocycles. The molecule has 1 aliphatic rings. The quantitative estimate of drug-likeness (QED) is 0.354. The highest BCUT2D eigenvalue weighted by Gasteiger charge is 2.22. The van der Waals surface area contributed by atoms with E-state index in [1.54, 1.807) is 36.4 Å². The number of esters is 1. The molecule has 126 valence electrons. The van der Waals surface area contributed by atoms with Crippen LogP contribution >= 0.6 is 11.6 Å². The summed E-state index contributed by atoms with van der Waals surface area (Å²) in [7, 11) is 1.36. The molecule has 0 amide bonds. The second-order valence-electron chi connectivity index (χ2n) is 5.19. The van der Waals surface area contributed by atoms with Gasteiger partial charge in [-0.05, 0) is 48.0 Å². The van der Waals surface area contributed by atoms with Crippen molar-refractivity contribution in [2.75, 3.05) is 7.11 Å². The highest BCUT2D eigenvalue weighted by atomic mass is 35.5. The van der Waals surface area contributed by atoms with E-state index in [1.807, 2.05) is 0 Å². The monoisotopic (exact) mass is 357 g/mol. The zero-order valence-corrected chi connectivity index (χ0v) is 13.8. The lowest BCUT2D eigenvalue weighted by Gasteiger charge is -2.02. The van der Waals surface area contributed by atoms with Crippen molar-refractivity contribution in [3.8, 4) is 5.75 Å². The maximum absolute atomic E-state index is 12.0. The van der Waals surface area contributed by atoms with E-state index in [9.17, 15) is 14.9 Å². The highest BCUT2D eigenvalue weighted by molar-refractivity contribution is 6.30. The zero-order valence-electron chi connectivity index (χ0n) is 13.1. The van der Waals surface area contributed by atoms with Crippen LogP contribution in [0.5, 0.6) is 5.75 Å². The number of nitro benzene ring substituents is 1. The first-order chi connectivity index (χ1) is 12.0. The summed E-state index contributed by atoms with van der Waals surface area (Å²) in [6.45, 7) is 0. The molecule has 6 nitrogen and oxygen atoms in total. The van der Waals surface area contributed by atoms with E-state index in [2.05, 4.69) is 0 Å². The topological polar surface area (TPSA) is 78.7 Å². The third-order valence-corrected chi connectivity index (χ3v) is 3.83. The molecule has 0 saturated heterocycles. The first-order valence-corrected chi connectivity index (χ1v) is 7.59. The van der Waals surface area contributed by atoms with Gasteiger partial charge >= 0.3 is 11.7 Å². The van der Waals surface area contributed by atoms with Crippen LogP contribution < -0.4 is 4.74 Å². The maximum Gasteiger partial charge on any atom is 0.343 e. The molecule has 1 aliphatic heterocycles. The Morgan fingerprint density at radius 2 is 1.92 bits per heavy atom. The SMILES string of the molecule is COc1ccc(/C=C2/C=C(c3ccc(Cl)cc3)OC2=O)cc1[N+](=O)[O-]. The molecule has 25 heavy (non-hydrogen) atoms. The number of carbonyl (C=O) groups is 1. The van der Waals surface area contributed by atoms with Gasteiger partial charge in [0.2, 0.25) is 0 Å². The molecule has 0 unspecified atom stereocenters. The summed E-state index contributed by atoms with van der Waals surface area (Å²) in [5.41, 5.74) is 1.32. The molecule has 0 spiro atoms. The van der Waals surface area contributed by atoms with E-state index in [1.165, 1.54) is 25.3 Å². The molecule has 2 aromatic rings. The number of carbonyl (C=O) groups excluding carboxylic acids is 1. The van der Waals surface area contributed by atoms with E-state index in [0.29, 0.717) is 27.5 Å². The molecule has 2 aromatic carbocycles. The number of benzene rings is 2. The van der Waals surface area contributed by atoms with Crippen LogP contribution in [0.25, 0.3) is 11.8 Å². The lowest BCUT2D eigenvalue weighted by molar-refractivity contribution is -0.385. The van der Waals surface area contributed by atoms with Crippen molar-refractivity contribution < 1.29 is 19.2 Å². The third kappa shape index (κ3) is 3.54. The van der Waals surface area contributed by atoms with Gasteiger partial charge in [0.25, 0.3) is 0 Å². The predicted octanol–water partition coefficient (Wildman–Crippen LogP) is 4.24. The minimum Gasteiger partial charge on any atom is -0.490 e. The Morgan fingerprint density at radius 3 is 2.56 bits per heavy atom. The molecule has 0 N–H and O–H groups in total. The fourth-order valence-corrected chi connectivity index (χ4v) is 2.49. The predicted molar refractivity (Wildman–Crippen MR) is 93.1 cm³/mol. The van der Waals surface area contributed by atoms with Gasteiger partial charge in [0, 0.05) is 16.7 Å². The Morgan fingerprint density at radius 1 is 1.20 bits per heavy atom. The smallest absolute Gasteiger partial charge is 0.343 e. The van der Waals surface area contributed by atoms with Crippen molar-refractivity contribution in [1.29, 1.82) is 0 Å². The Balaban J connectivity index is 1.95. The minimum absolute atomic E-state index is 0.151. The van der Waals surface area contributed by atoms with Gasteiger partial charge in [0.15, 0.2) is 5.75 Å². The first-order valence-electron chi connectivity index (χ1n) is 7.22. The Hall–Kier alpha value is -3.12. The summed E-state index contributed by atoms with van der Waals surface area (Å²) < 4.78 is 10.2. The van der Waals surface area contributed by atoms with Crippen molar-refractivity contribution in [2.45, 2.75) is 0 Å². The number of nitrogens with zero attached hydrogens (tertiary/aromatic N) is 1. The van der Waals surface area contributed by atoms with Crippen LogP contribution in [0.2, 0.25) is 5.02 Å². The maximum atomic E-state index is 12.0. The normalized spacial score (nSPS) is 15.0. The first kappa shape index (κ1) is 16.7. The summed E-state index contributed by atoms with van der Waals surface area (Å²) in [5.74, 6) is 0.0258. The van der Waals surface area contributed by atoms with Gasteiger partial charge < -0.3 is 9.47 Å². The molecular weight excluding hydrogens is 346 g/mol. The van der Waals surface area contributed by atoms with Gasteiger partial charge in [-0.15, -0.1) is 0 Å². The molecule has 3 rings (SSSR count). The lowest BCUT2D eigenvalue weighted by Crippen LogP contribution is -1.98. The van der Waals surface area contributed by atoms with E-state index < -0.39 is 10.9 Å². The van der Waals surface area contributed by atoms with Crippen LogP contribution in [-0.4, -0.2) is 18.0 Å². The molecular formula is C18H12ClNO5. The summed E-state index contributed by atoms with van der Waals surface area (Å²) in [6.07, 6.45) is 3.11. The summed E-state index contributed by atoms with van der Waals surface area (Å²) in [5, 5.41) is 11.7. The van der Waals surface area contributed by atoms with Gasteiger partial charge in [-0.25, -0.2) is 4.79 Å². The van der Waals surface area contributed by atoms with Gasteiger partial charge in [-0.2, -0.15) is 0 Å². The van der Waals surface area contributed by atoms with Crippen LogP contribution in [0.1, 0.15) is 11.1 Å². The van der Waals surface area contributed by atoms with Crippen LogP contribution in [0.3, 0.4) is 0 Å². The third-order valence-electron chi connectivity index (χ3n) is 3.58. The van der Waals surface area contributed by atoms with E-state index in [-0.39, 0.29) is 11.4 Å². The molecule has 0 radical (unpaired) electrons. The number of rotatable bonds is 4. The number of cyclic esters (lactones) is 1. The van der Waals surface area contributed by atoms with Crippen molar-refractivity contribution in [1.82, 2.24) is 0 Å². The number of ether oxygens (including phenoxy) is 2. The average Bonchev–Trinajstić information content (AvgIpc) is 2.96. The number of hydrogen-bond donors (Lipinski definition) is 0. The van der Waals surface area contributed by atoms with Gasteiger partial charge in [-0.3, -0.25) is 10.1 Å². The highest BCUT2D eigenvalue weighted by Crippen LogP contribution is 2.31. The second kappa shape index (κ2) is 6.78. The number of hydrogen-bond acceptors (Lipinski definition) is 5. The zero-order chi connectivity index (χ0) is 18.0. The number of nitro groups is 1. The Kier molecular flexibility index (Phi) is 4.54. The van der Waals surface area contributed by atoms with Crippen LogP contribution in [0.15, 0.2) is 54.1 Å². The fourth-order valence-electron chi connectivity index (χ4n) is 2.36. The van der Waals surface area contributed by atoms with E-state index >= 15 is 0 Å². The minimum atomic E-state index is -0.539. The number of halogens is 1. The average molecular weight is 358 g/mol. The van der Waals surface area contributed by atoms with Crippen molar-refractivity contribution in [3.05, 3.63) is 80.4 Å². The molecule has 0 atom stereocenters. The molecule has 0 aromatic heterocycles. The second-order valence-corrected chi connectivity index (χ2v) is 5.63. The van der Waals surface area contributed by atoms with Crippen LogP contribution in [0.4, 0.5) is 5.69 Å². The molecule has 0 aliphatic carbocycles. The van der Waals surface area contributed by atoms with Crippen molar-refractivity contribution in [3.63, 3.8) is 0 Å². The van der Waals surface area contributed by atoms with E-state index in [4.69, 9.17) is 21.1 Å². The largest absolute Gasteiger partial charge is 0.490 e. The fraction of sp³-hybridized carbons (Fsp3) is 0.0556. The summed E-state index contributed by atoms with van der Waals surface area (Å²) >= 11 is 5.84. The molecule has 0 fully saturated rings. The van der Waals surface area contributed by atoms with Gasteiger partial charge in [0.05, 0.1) is 17.6 Å². The lowest BCUT2D eigenvalue weighted by atomic mass is 10.1. The van der Waals surface area contributed by atoms with E-state index in [0.717, 1.165) is 0 Å². The Bertz CT molecular complexity index is 916. The molecule has 0 saturated carbocycles. The molecule has 0 bridgehead atoms. The van der Waals surface area contributed by atoms with Crippen molar-refractivity contribution >= 4 is 35.1 Å². The summed E-state index contributed by atoms with van der Waals surface area (Å²) in [6, 6.07) is 11.3. The standard InChI is InChI=1S/C18H12ClNO5/c1-24-16-7-2-11(9-15(16)20(22)23)8-13-10-17(25-18(13)21)12-3-5-14(19)6-4-12/h2-10H,1H3/b13-8-. The van der Waals surface area contributed by atoms with Gasteiger partial charge in [-0.1, -0.05) is 17.7 Å². The van der Waals surface area contributed by atoms with Crippen LogP contribution in [0, 0.1) is 10.1 Å². The van der Waals surface area contributed by atoms with Crippen molar-refractivity contribution in [2.24, 2.45) is 0 Å².